The van der Waals surface area contributed by atoms with Crippen molar-refractivity contribution in [2.75, 3.05) is 0 Å². The van der Waals surface area contributed by atoms with Crippen LogP contribution in [0.25, 0.3) is 0 Å². The van der Waals surface area contributed by atoms with Crippen molar-refractivity contribution >= 4 is 5.78 Å². The Balaban J connectivity index is 2.38. The fourth-order valence-electron chi connectivity index (χ4n) is 2.93. The average Bonchev–Trinajstić information content (AvgIpc) is 2.43. The number of fused-ring (bicyclic) bond motifs is 1. The molecule has 0 saturated heterocycles. The summed E-state index contributed by atoms with van der Waals surface area (Å²) < 4.78 is 0. The van der Waals surface area contributed by atoms with E-state index >= 15 is 0 Å². The maximum absolute atomic E-state index is 11.5. The molecule has 1 heteroatoms. The van der Waals surface area contributed by atoms with Crippen LogP contribution >= 0.6 is 0 Å². The minimum absolute atomic E-state index is 0.259. The zero-order chi connectivity index (χ0) is 11.0. The third-order valence-corrected chi connectivity index (χ3v) is 4.06. The molecule has 0 N–H and O–H groups in total. The fourth-order valence-corrected chi connectivity index (χ4v) is 2.93. The molecule has 0 unspecified atom stereocenters. The standard InChI is InChI=1S/C14H20O/c1-9-4-6-12(11(3)15)8-14-10(2)5-7-13(9)14/h8-9,13H,4-7H2,1-3H3/t9-,13+/m1/s1. The maximum Gasteiger partial charge on any atom is 0.155 e. The topological polar surface area (TPSA) is 17.1 Å². The lowest BCUT2D eigenvalue weighted by atomic mass is 9.87. The lowest BCUT2D eigenvalue weighted by molar-refractivity contribution is -0.113. The molecule has 0 spiro atoms. The fraction of sp³-hybridized carbons (Fsp3) is 0.643. The molecule has 1 nitrogen and oxygen atoms in total. The van der Waals surface area contributed by atoms with E-state index in [-0.39, 0.29) is 5.78 Å². The lowest BCUT2D eigenvalue weighted by Gasteiger charge is -2.18. The largest absolute Gasteiger partial charge is 0.295 e. The van der Waals surface area contributed by atoms with Gasteiger partial charge in [-0.25, -0.2) is 0 Å². The van der Waals surface area contributed by atoms with Crippen LogP contribution in [0.1, 0.15) is 46.5 Å². The first-order valence-corrected chi connectivity index (χ1v) is 6.00. The van der Waals surface area contributed by atoms with Gasteiger partial charge in [0.2, 0.25) is 0 Å². The van der Waals surface area contributed by atoms with E-state index in [9.17, 15) is 4.79 Å². The summed E-state index contributed by atoms with van der Waals surface area (Å²) in [6, 6.07) is 0. The molecule has 2 rings (SSSR count). The van der Waals surface area contributed by atoms with Gasteiger partial charge in [-0.1, -0.05) is 18.6 Å². The minimum atomic E-state index is 0.259. The summed E-state index contributed by atoms with van der Waals surface area (Å²) in [5, 5.41) is 0. The highest BCUT2D eigenvalue weighted by Crippen LogP contribution is 2.42. The number of carbonyl (C=O) groups excluding carboxylic acids is 1. The van der Waals surface area contributed by atoms with Gasteiger partial charge >= 0.3 is 0 Å². The zero-order valence-electron chi connectivity index (χ0n) is 9.97. The number of hydrogen-bond donors (Lipinski definition) is 0. The van der Waals surface area contributed by atoms with Crippen LogP contribution in [0.2, 0.25) is 0 Å². The van der Waals surface area contributed by atoms with Crippen molar-refractivity contribution in [2.45, 2.75) is 46.5 Å². The minimum Gasteiger partial charge on any atom is -0.295 e. The number of ketones is 1. The van der Waals surface area contributed by atoms with Gasteiger partial charge in [-0.15, -0.1) is 0 Å². The van der Waals surface area contributed by atoms with E-state index in [0.29, 0.717) is 0 Å². The van der Waals surface area contributed by atoms with Crippen LogP contribution in [-0.4, -0.2) is 5.78 Å². The Bertz CT molecular complexity index is 346. The summed E-state index contributed by atoms with van der Waals surface area (Å²) >= 11 is 0. The van der Waals surface area contributed by atoms with Crippen molar-refractivity contribution in [3.63, 3.8) is 0 Å². The van der Waals surface area contributed by atoms with Crippen LogP contribution in [0.3, 0.4) is 0 Å². The predicted octanol–water partition coefficient (Wildman–Crippen LogP) is 3.66. The first-order chi connectivity index (χ1) is 7.09. The smallest absolute Gasteiger partial charge is 0.155 e. The Labute approximate surface area is 92.3 Å². The van der Waals surface area contributed by atoms with Crippen molar-refractivity contribution in [3.05, 3.63) is 22.8 Å². The van der Waals surface area contributed by atoms with Crippen molar-refractivity contribution in [2.24, 2.45) is 11.8 Å². The van der Waals surface area contributed by atoms with Gasteiger partial charge in [-0.2, -0.15) is 0 Å². The van der Waals surface area contributed by atoms with E-state index in [1.165, 1.54) is 30.4 Å². The molecule has 2 atom stereocenters. The molecular weight excluding hydrogens is 184 g/mol. The molecule has 2 aliphatic carbocycles. The Morgan fingerprint density at radius 2 is 2.07 bits per heavy atom. The van der Waals surface area contributed by atoms with E-state index in [4.69, 9.17) is 0 Å². The van der Waals surface area contributed by atoms with Crippen LogP contribution in [0.4, 0.5) is 0 Å². The normalized spacial score (nSPS) is 31.0. The molecule has 0 radical (unpaired) electrons. The molecule has 0 aromatic carbocycles. The first-order valence-electron chi connectivity index (χ1n) is 6.00. The SMILES string of the molecule is CC(=O)C1=CC2=C(C)CC[C@H]2[C@H](C)CC1. The number of carbonyl (C=O) groups is 1. The maximum atomic E-state index is 11.5. The highest BCUT2D eigenvalue weighted by molar-refractivity contribution is 5.93. The summed E-state index contributed by atoms with van der Waals surface area (Å²) in [6.45, 7) is 6.25. The molecular formula is C14H20O. The third kappa shape index (κ3) is 1.92. The predicted molar refractivity (Wildman–Crippen MR) is 62.6 cm³/mol. The molecule has 0 bridgehead atoms. The van der Waals surface area contributed by atoms with Gasteiger partial charge in [0.15, 0.2) is 5.78 Å². The molecule has 2 aliphatic rings. The molecule has 15 heavy (non-hydrogen) atoms. The average molecular weight is 204 g/mol. The molecule has 0 aromatic heterocycles. The van der Waals surface area contributed by atoms with Gasteiger partial charge < -0.3 is 0 Å². The molecule has 0 fully saturated rings. The van der Waals surface area contributed by atoms with Gasteiger partial charge in [0, 0.05) is 0 Å². The van der Waals surface area contributed by atoms with Gasteiger partial charge in [-0.3, -0.25) is 4.79 Å². The lowest BCUT2D eigenvalue weighted by Crippen LogP contribution is -2.08. The van der Waals surface area contributed by atoms with Crippen LogP contribution in [-0.2, 0) is 4.79 Å². The monoisotopic (exact) mass is 204 g/mol. The quantitative estimate of drug-likeness (QED) is 0.637. The van der Waals surface area contributed by atoms with Crippen LogP contribution < -0.4 is 0 Å². The van der Waals surface area contributed by atoms with Gasteiger partial charge in [-0.05, 0) is 62.5 Å². The zero-order valence-corrected chi connectivity index (χ0v) is 9.97. The van der Waals surface area contributed by atoms with Gasteiger partial charge in [0.1, 0.15) is 0 Å². The first kappa shape index (κ1) is 10.7. The Hall–Kier alpha value is -0.850. The highest BCUT2D eigenvalue weighted by atomic mass is 16.1. The van der Waals surface area contributed by atoms with Crippen LogP contribution in [0.5, 0.6) is 0 Å². The van der Waals surface area contributed by atoms with E-state index in [0.717, 1.165) is 23.8 Å². The van der Waals surface area contributed by atoms with Crippen molar-refractivity contribution < 1.29 is 4.79 Å². The second-order valence-corrected chi connectivity index (χ2v) is 5.12. The number of rotatable bonds is 1. The summed E-state index contributed by atoms with van der Waals surface area (Å²) in [4.78, 5) is 11.5. The van der Waals surface area contributed by atoms with E-state index < -0.39 is 0 Å². The second kappa shape index (κ2) is 3.96. The Kier molecular flexibility index (Phi) is 2.81. The van der Waals surface area contributed by atoms with Crippen LogP contribution in [0, 0.1) is 11.8 Å². The molecule has 0 aromatic rings. The summed E-state index contributed by atoms with van der Waals surface area (Å²) in [6.07, 6.45) is 6.87. The molecule has 0 aliphatic heterocycles. The van der Waals surface area contributed by atoms with E-state index in [2.05, 4.69) is 19.9 Å². The number of hydrogen-bond acceptors (Lipinski definition) is 1. The molecule has 0 saturated carbocycles. The molecule has 0 heterocycles. The van der Waals surface area contributed by atoms with Crippen molar-refractivity contribution in [1.82, 2.24) is 0 Å². The second-order valence-electron chi connectivity index (χ2n) is 5.12. The molecule has 0 amide bonds. The third-order valence-electron chi connectivity index (χ3n) is 4.06. The molecule has 82 valence electrons. The summed E-state index contributed by atoms with van der Waals surface area (Å²) in [5.41, 5.74) is 4.03. The number of Topliss-reactive ketones (excluding diaryl/α,β-unsaturated/α-hetero) is 1. The van der Waals surface area contributed by atoms with Crippen molar-refractivity contribution in [1.29, 1.82) is 0 Å². The van der Waals surface area contributed by atoms with E-state index in [1.54, 1.807) is 6.92 Å². The van der Waals surface area contributed by atoms with Crippen LogP contribution in [0.15, 0.2) is 22.8 Å². The highest BCUT2D eigenvalue weighted by Gasteiger charge is 2.29. The number of allylic oxidation sites excluding steroid dienone is 4. The Morgan fingerprint density at radius 1 is 1.33 bits per heavy atom. The van der Waals surface area contributed by atoms with E-state index in [1.807, 2.05) is 0 Å². The van der Waals surface area contributed by atoms with Gasteiger partial charge in [0.25, 0.3) is 0 Å². The summed E-state index contributed by atoms with van der Waals surface area (Å²) in [7, 11) is 0. The van der Waals surface area contributed by atoms with Crippen molar-refractivity contribution in [3.8, 4) is 0 Å². The Morgan fingerprint density at radius 3 is 2.73 bits per heavy atom. The summed E-state index contributed by atoms with van der Waals surface area (Å²) in [5.74, 6) is 1.72. The van der Waals surface area contributed by atoms with Gasteiger partial charge in [0.05, 0.1) is 0 Å².